The number of thioether (sulfide) groups is 1. The first-order valence-electron chi connectivity index (χ1n) is 9.12. The summed E-state index contributed by atoms with van der Waals surface area (Å²) in [6, 6.07) is 10.9. The third-order valence-electron chi connectivity index (χ3n) is 4.11. The van der Waals surface area contributed by atoms with Gasteiger partial charge in [-0.3, -0.25) is 9.69 Å². The van der Waals surface area contributed by atoms with Crippen LogP contribution in [0.2, 0.25) is 10.0 Å². The highest BCUT2D eigenvalue weighted by Gasteiger charge is 2.31. The summed E-state index contributed by atoms with van der Waals surface area (Å²) in [5.41, 5.74) is 1.68. The average molecular weight is 480 g/mol. The van der Waals surface area contributed by atoms with Gasteiger partial charge in [0.05, 0.1) is 16.5 Å². The van der Waals surface area contributed by atoms with Gasteiger partial charge in [0.1, 0.15) is 10.9 Å². The number of ether oxygens (including phenoxy) is 2. The molecule has 1 heterocycles. The number of thiocarbonyl (C=S) groups is 1. The molecule has 0 spiro atoms. The lowest BCUT2D eigenvalue weighted by atomic mass is 10.1. The van der Waals surface area contributed by atoms with Crippen molar-refractivity contribution in [2.75, 3.05) is 13.2 Å². The van der Waals surface area contributed by atoms with E-state index >= 15 is 0 Å². The Bertz CT molecular complexity index is 1010. The van der Waals surface area contributed by atoms with Crippen LogP contribution < -0.4 is 9.47 Å². The van der Waals surface area contributed by atoms with E-state index in [-0.39, 0.29) is 5.91 Å². The van der Waals surface area contributed by atoms with Crippen LogP contribution >= 0.6 is 47.2 Å². The van der Waals surface area contributed by atoms with Crippen LogP contribution in [0, 0.1) is 0 Å². The molecular weight excluding hydrogens is 461 g/mol. The summed E-state index contributed by atoms with van der Waals surface area (Å²) in [5, 5.41) is 1.05. The smallest absolute Gasteiger partial charge is 0.266 e. The Hall–Kier alpha value is -1.99. The highest BCUT2D eigenvalue weighted by atomic mass is 35.5. The number of halogens is 2. The van der Waals surface area contributed by atoms with Crippen LogP contribution in [0.5, 0.6) is 11.5 Å². The molecule has 3 rings (SSSR count). The Kier molecular flexibility index (Phi) is 7.83. The summed E-state index contributed by atoms with van der Waals surface area (Å²) in [7, 11) is 0. The average Bonchev–Trinajstić information content (AvgIpc) is 2.97. The van der Waals surface area contributed by atoms with Gasteiger partial charge < -0.3 is 9.47 Å². The van der Waals surface area contributed by atoms with Crippen molar-refractivity contribution in [3.8, 4) is 11.5 Å². The number of amides is 1. The SMILES string of the molecule is C=CCN1C(=O)C(=Cc2cc(Cl)c(OCc3ccc(Cl)cc3)c(OCC)c2)SC1=S. The summed E-state index contributed by atoms with van der Waals surface area (Å²) < 4.78 is 12.2. The molecular formula is C22H19Cl2NO3S2. The van der Waals surface area contributed by atoms with Crippen molar-refractivity contribution in [3.05, 3.63) is 75.1 Å². The topological polar surface area (TPSA) is 38.8 Å². The van der Waals surface area contributed by atoms with Crippen LogP contribution in [-0.4, -0.2) is 28.3 Å². The third-order valence-corrected chi connectivity index (χ3v) is 6.02. The summed E-state index contributed by atoms with van der Waals surface area (Å²) in [6.45, 7) is 6.68. The maximum Gasteiger partial charge on any atom is 0.266 e. The number of rotatable bonds is 8. The summed E-state index contributed by atoms with van der Waals surface area (Å²) >= 11 is 18.9. The molecule has 1 aliphatic rings. The molecule has 1 fully saturated rings. The summed E-state index contributed by atoms with van der Waals surface area (Å²) in [6.07, 6.45) is 3.39. The number of benzene rings is 2. The number of nitrogens with zero attached hydrogens (tertiary/aromatic N) is 1. The Morgan fingerprint density at radius 1 is 1.20 bits per heavy atom. The molecule has 2 aromatic carbocycles. The molecule has 1 saturated heterocycles. The van der Waals surface area contributed by atoms with Crippen LogP contribution in [0.1, 0.15) is 18.1 Å². The zero-order chi connectivity index (χ0) is 21.7. The van der Waals surface area contributed by atoms with Gasteiger partial charge in [0.15, 0.2) is 11.5 Å². The molecule has 0 unspecified atom stereocenters. The Labute approximate surface area is 195 Å². The Morgan fingerprint density at radius 2 is 1.93 bits per heavy atom. The van der Waals surface area contributed by atoms with Gasteiger partial charge in [0.2, 0.25) is 0 Å². The molecule has 1 amide bonds. The fourth-order valence-electron chi connectivity index (χ4n) is 2.75. The zero-order valence-corrected chi connectivity index (χ0v) is 19.3. The molecule has 0 radical (unpaired) electrons. The number of hydrogen-bond donors (Lipinski definition) is 0. The normalized spacial score (nSPS) is 15.0. The zero-order valence-electron chi connectivity index (χ0n) is 16.2. The minimum absolute atomic E-state index is 0.151. The lowest BCUT2D eigenvalue weighted by Gasteiger charge is -2.15. The summed E-state index contributed by atoms with van der Waals surface area (Å²) in [4.78, 5) is 14.6. The van der Waals surface area contributed by atoms with Crippen LogP contribution in [0.25, 0.3) is 6.08 Å². The molecule has 0 aromatic heterocycles. The van der Waals surface area contributed by atoms with Gasteiger partial charge in [-0.15, -0.1) is 6.58 Å². The van der Waals surface area contributed by atoms with E-state index in [0.29, 0.717) is 50.5 Å². The van der Waals surface area contributed by atoms with Gasteiger partial charge in [-0.2, -0.15) is 0 Å². The van der Waals surface area contributed by atoms with Crippen molar-refractivity contribution in [2.45, 2.75) is 13.5 Å². The highest BCUT2D eigenvalue weighted by molar-refractivity contribution is 8.26. The van der Waals surface area contributed by atoms with E-state index in [1.165, 1.54) is 16.7 Å². The van der Waals surface area contributed by atoms with E-state index in [4.69, 9.17) is 44.9 Å². The fourth-order valence-corrected chi connectivity index (χ4v) is 4.42. The Morgan fingerprint density at radius 3 is 2.60 bits per heavy atom. The minimum Gasteiger partial charge on any atom is -0.490 e. The second-order valence-electron chi connectivity index (χ2n) is 6.26. The number of carbonyl (C=O) groups is 1. The molecule has 8 heteroatoms. The molecule has 2 aromatic rings. The van der Waals surface area contributed by atoms with E-state index < -0.39 is 0 Å². The van der Waals surface area contributed by atoms with Crippen LogP contribution in [0.15, 0.2) is 54.0 Å². The molecule has 0 saturated carbocycles. The fraction of sp³-hybridized carbons (Fsp3) is 0.182. The second kappa shape index (κ2) is 10.4. The first-order valence-corrected chi connectivity index (χ1v) is 11.1. The van der Waals surface area contributed by atoms with Crippen molar-refractivity contribution in [2.24, 2.45) is 0 Å². The first-order chi connectivity index (χ1) is 14.4. The van der Waals surface area contributed by atoms with Crippen LogP contribution in [0.3, 0.4) is 0 Å². The molecule has 30 heavy (non-hydrogen) atoms. The maximum atomic E-state index is 12.6. The molecule has 0 atom stereocenters. The standard InChI is InChI=1S/C22H19Cl2NO3S2/c1-3-9-25-21(26)19(30-22(25)29)12-15-10-17(24)20(18(11-15)27-4-2)28-13-14-5-7-16(23)8-6-14/h3,5-8,10-12H,1,4,9,13H2,2H3. The van der Waals surface area contributed by atoms with Crippen molar-refractivity contribution in [1.82, 2.24) is 4.90 Å². The van der Waals surface area contributed by atoms with E-state index in [1.807, 2.05) is 19.1 Å². The number of hydrogen-bond acceptors (Lipinski definition) is 5. The first kappa shape index (κ1) is 22.7. The molecule has 156 valence electrons. The molecule has 4 nitrogen and oxygen atoms in total. The number of carbonyl (C=O) groups excluding carboxylic acids is 1. The van der Waals surface area contributed by atoms with E-state index in [0.717, 1.165) is 11.1 Å². The van der Waals surface area contributed by atoms with Gasteiger partial charge in [0.25, 0.3) is 5.91 Å². The van der Waals surface area contributed by atoms with Gasteiger partial charge >= 0.3 is 0 Å². The second-order valence-corrected chi connectivity index (χ2v) is 8.78. The van der Waals surface area contributed by atoms with Gasteiger partial charge in [-0.1, -0.05) is 65.4 Å². The van der Waals surface area contributed by atoms with E-state index in [1.54, 1.807) is 36.4 Å². The monoisotopic (exact) mass is 479 g/mol. The van der Waals surface area contributed by atoms with Crippen molar-refractivity contribution in [3.63, 3.8) is 0 Å². The minimum atomic E-state index is -0.151. The predicted octanol–water partition coefficient (Wildman–Crippen LogP) is 6.36. The van der Waals surface area contributed by atoms with Gasteiger partial charge in [-0.05, 0) is 48.4 Å². The van der Waals surface area contributed by atoms with Gasteiger partial charge in [-0.25, -0.2) is 0 Å². The quantitative estimate of drug-likeness (QED) is 0.250. The lowest BCUT2D eigenvalue weighted by Crippen LogP contribution is -2.27. The van der Waals surface area contributed by atoms with Crippen LogP contribution in [-0.2, 0) is 11.4 Å². The third kappa shape index (κ3) is 5.38. The molecule has 0 bridgehead atoms. The maximum absolute atomic E-state index is 12.6. The predicted molar refractivity (Wildman–Crippen MR) is 128 cm³/mol. The molecule has 0 aliphatic carbocycles. The molecule has 1 aliphatic heterocycles. The highest BCUT2D eigenvalue weighted by Crippen LogP contribution is 2.39. The summed E-state index contributed by atoms with van der Waals surface area (Å²) in [5.74, 6) is 0.804. The Balaban J connectivity index is 1.85. The van der Waals surface area contributed by atoms with E-state index in [9.17, 15) is 4.79 Å². The van der Waals surface area contributed by atoms with Crippen molar-refractivity contribution in [1.29, 1.82) is 0 Å². The lowest BCUT2D eigenvalue weighted by molar-refractivity contribution is -0.121. The largest absolute Gasteiger partial charge is 0.490 e. The van der Waals surface area contributed by atoms with E-state index in [2.05, 4.69) is 6.58 Å². The molecule has 0 N–H and O–H groups in total. The van der Waals surface area contributed by atoms with Crippen molar-refractivity contribution < 1.29 is 14.3 Å². The van der Waals surface area contributed by atoms with Crippen molar-refractivity contribution >= 4 is 63.5 Å². The van der Waals surface area contributed by atoms with Gasteiger partial charge in [0, 0.05) is 11.6 Å². The van der Waals surface area contributed by atoms with Crippen LogP contribution in [0.4, 0.5) is 0 Å².